The molecule has 1 aliphatic heterocycles. The number of amides is 1. The number of likely N-dealkylation sites (tertiary alicyclic amines) is 1. The maximum atomic E-state index is 12.9. The average molecular weight is 478 g/mol. The molecule has 0 aliphatic carbocycles. The summed E-state index contributed by atoms with van der Waals surface area (Å²) in [6.07, 6.45) is 3.78. The van der Waals surface area contributed by atoms with Gasteiger partial charge in [0.2, 0.25) is 0 Å². The van der Waals surface area contributed by atoms with Gasteiger partial charge in [-0.15, -0.1) is 0 Å². The molecule has 3 aromatic rings. The molecule has 0 radical (unpaired) electrons. The van der Waals surface area contributed by atoms with E-state index in [4.69, 9.17) is 0 Å². The lowest BCUT2D eigenvalue weighted by molar-refractivity contribution is 0.0950. The number of anilines is 1. The second-order valence-corrected chi connectivity index (χ2v) is 10.6. The van der Waals surface area contributed by atoms with E-state index >= 15 is 0 Å². The van der Waals surface area contributed by atoms with Gasteiger partial charge in [0.25, 0.3) is 15.9 Å². The Morgan fingerprint density at radius 2 is 1.56 bits per heavy atom. The molecule has 0 saturated carbocycles. The van der Waals surface area contributed by atoms with Gasteiger partial charge in [-0.2, -0.15) is 0 Å². The van der Waals surface area contributed by atoms with Gasteiger partial charge in [0.15, 0.2) is 0 Å². The van der Waals surface area contributed by atoms with Gasteiger partial charge in [-0.05, 0) is 67.4 Å². The Kier molecular flexibility index (Phi) is 7.65. The highest BCUT2D eigenvalue weighted by Gasteiger charge is 2.21. The molecule has 3 aromatic carbocycles. The minimum absolute atomic E-state index is 0.206. The van der Waals surface area contributed by atoms with Crippen molar-refractivity contribution in [3.05, 3.63) is 95.6 Å². The number of piperidine rings is 1. The molecular formula is C27H31N3O3S. The van der Waals surface area contributed by atoms with Gasteiger partial charge in [-0.3, -0.25) is 14.0 Å². The lowest BCUT2D eigenvalue weighted by Gasteiger charge is -2.27. The summed E-state index contributed by atoms with van der Waals surface area (Å²) in [6.45, 7) is 3.55. The van der Waals surface area contributed by atoms with Crippen LogP contribution in [0.1, 0.15) is 40.7 Å². The summed E-state index contributed by atoms with van der Waals surface area (Å²) in [5, 5.41) is 3.00. The maximum absolute atomic E-state index is 12.9. The van der Waals surface area contributed by atoms with Crippen molar-refractivity contribution < 1.29 is 13.2 Å². The molecule has 34 heavy (non-hydrogen) atoms. The number of benzene rings is 3. The number of rotatable bonds is 8. The first kappa shape index (κ1) is 24.0. The summed E-state index contributed by atoms with van der Waals surface area (Å²) in [5.74, 6) is -0.236. The minimum atomic E-state index is -3.71. The monoisotopic (exact) mass is 477 g/mol. The third-order valence-corrected chi connectivity index (χ3v) is 8.07. The fraction of sp³-hybridized carbons (Fsp3) is 0.296. The second kappa shape index (κ2) is 10.8. The fourth-order valence-corrected chi connectivity index (χ4v) is 5.46. The van der Waals surface area contributed by atoms with Crippen LogP contribution in [-0.4, -0.2) is 39.4 Å². The van der Waals surface area contributed by atoms with Gasteiger partial charge in [0.1, 0.15) is 0 Å². The predicted molar refractivity (Wildman–Crippen MR) is 135 cm³/mol. The highest BCUT2D eigenvalue weighted by atomic mass is 32.2. The summed E-state index contributed by atoms with van der Waals surface area (Å²) in [5.41, 5.74) is 3.18. The van der Waals surface area contributed by atoms with Crippen LogP contribution in [-0.2, 0) is 23.1 Å². The number of hydrogen-bond donors (Lipinski definition) is 1. The van der Waals surface area contributed by atoms with Gasteiger partial charge in [-0.1, -0.05) is 55.0 Å². The number of carbonyl (C=O) groups is 1. The van der Waals surface area contributed by atoms with E-state index < -0.39 is 10.0 Å². The molecule has 0 spiro atoms. The molecule has 0 unspecified atom stereocenters. The van der Waals surface area contributed by atoms with Crippen LogP contribution in [0.4, 0.5) is 5.69 Å². The smallest absolute Gasteiger partial charge is 0.264 e. The number of carbonyl (C=O) groups excluding carboxylic acids is 1. The zero-order chi connectivity index (χ0) is 24.0. The molecule has 178 valence electrons. The van der Waals surface area contributed by atoms with Crippen molar-refractivity contribution >= 4 is 21.6 Å². The van der Waals surface area contributed by atoms with Gasteiger partial charge in [0.05, 0.1) is 10.6 Å². The molecule has 1 aliphatic rings. The summed E-state index contributed by atoms with van der Waals surface area (Å²) in [4.78, 5) is 15.6. The van der Waals surface area contributed by atoms with E-state index in [1.54, 1.807) is 54.6 Å². The summed E-state index contributed by atoms with van der Waals surface area (Å²) in [6, 6.07) is 23.2. The fourth-order valence-electron chi connectivity index (χ4n) is 4.25. The van der Waals surface area contributed by atoms with Gasteiger partial charge < -0.3 is 5.32 Å². The molecule has 4 rings (SSSR count). The summed E-state index contributed by atoms with van der Waals surface area (Å²) < 4.78 is 27.1. The van der Waals surface area contributed by atoms with Gasteiger partial charge in [-0.25, -0.2) is 8.42 Å². The topological polar surface area (TPSA) is 69.7 Å². The molecule has 1 heterocycles. The number of sulfonamides is 1. The van der Waals surface area contributed by atoms with Crippen LogP contribution >= 0.6 is 0 Å². The van der Waals surface area contributed by atoms with Crippen molar-refractivity contribution in [1.29, 1.82) is 0 Å². The van der Waals surface area contributed by atoms with E-state index in [0.29, 0.717) is 17.8 Å². The van der Waals surface area contributed by atoms with Crippen LogP contribution in [0.3, 0.4) is 0 Å². The molecule has 0 atom stereocenters. The quantitative estimate of drug-likeness (QED) is 0.521. The lowest BCUT2D eigenvalue weighted by atomic mass is 10.0. The molecule has 1 amide bonds. The molecule has 1 N–H and O–H groups in total. The van der Waals surface area contributed by atoms with Crippen molar-refractivity contribution in [3.8, 4) is 0 Å². The Labute approximate surface area is 202 Å². The Balaban J connectivity index is 1.44. The number of nitrogens with zero attached hydrogens (tertiary/aromatic N) is 2. The first-order valence-corrected chi connectivity index (χ1v) is 13.1. The van der Waals surface area contributed by atoms with E-state index in [2.05, 4.69) is 22.3 Å². The maximum Gasteiger partial charge on any atom is 0.264 e. The second-order valence-electron chi connectivity index (χ2n) is 8.62. The molecule has 1 fully saturated rings. The highest BCUT2D eigenvalue weighted by Crippen LogP contribution is 2.23. The largest absolute Gasteiger partial charge is 0.348 e. The predicted octanol–water partition coefficient (Wildman–Crippen LogP) is 4.43. The van der Waals surface area contributed by atoms with E-state index in [0.717, 1.165) is 25.2 Å². The van der Waals surface area contributed by atoms with Gasteiger partial charge in [0, 0.05) is 25.7 Å². The Hall–Kier alpha value is -3.16. The summed E-state index contributed by atoms with van der Waals surface area (Å²) in [7, 11) is -2.22. The van der Waals surface area contributed by atoms with Gasteiger partial charge >= 0.3 is 0 Å². The normalized spacial score (nSPS) is 14.5. The van der Waals surface area contributed by atoms with Crippen molar-refractivity contribution in [2.24, 2.45) is 0 Å². The standard InChI is InChI=1S/C27H31N3O3S/c1-29(34(32,33)26-15-4-2-5-16-26)25-14-10-13-22(19-25)27(31)28-20-23-11-6-7-12-24(23)21-30-17-8-3-9-18-30/h2,4-7,10-16,19H,3,8-9,17-18,20-21H2,1H3,(H,28,31). The lowest BCUT2D eigenvalue weighted by Crippen LogP contribution is -2.30. The molecule has 0 aromatic heterocycles. The number of hydrogen-bond acceptors (Lipinski definition) is 4. The Bertz CT molecular complexity index is 1220. The first-order chi connectivity index (χ1) is 16.4. The zero-order valence-electron chi connectivity index (χ0n) is 19.5. The minimum Gasteiger partial charge on any atom is -0.348 e. The zero-order valence-corrected chi connectivity index (χ0v) is 20.3. The average Bonchev–Trinajstić information content (AvgIpc) is 2.88. The highest BCUT2D eigenvalue weighted by molar-refractivity contribution is 7.92. The van der Waals surface area contributed by atoms with Crippen LogP contribution in [0.25, 0.3) is 0 Å². The van der Waals surface area contributed by atoms with E-state index in [-0.39, 0.29) is 10.8 Å². The SMILES string of the molecule is CN(c1cccc(C(=O)NCc2ccccc2CN2CCCCC2)c1)S(=O)(=O)c1ccccc1. The third kappa shape index (κ3) is 5.66. The van der Waals surface area contributed by atoms with Crippen LogP contribution in [0, 0.1) is 0 Å². The van der Waals surface area contributed by atoms with E-state index in [9.17, 15) is 13.2 Å². The molecule has 7 heteroatoms. The van der Waals surface area contributed by atoms with Crippen LogP contribution in [0.5, 0.6) is 0 Å². The van der Waals surface area contributed by atoms with Crippen molar-refractivity contribution in [1.82, 2.24) is 10.2 Å². The van der Waals surface area contributed by atoms with E-state index in [1.807, 2.05) is 12.1 Å². The van der Waals surface area contributed by atoms with Crippen molar-refractivity contribution in [2.75, 3.05) is 24.4 Å². The van der Waals surface area contributed by atoms with E-state index in [1.165, 1.54) is 36.2 Å². The summed E-state index contributed by atoms with van der Waals surface area (Å²) >= 11 is 0. The van der Waals surface area contributed by atoms with Crippen LogP contribution in [0.15, 0.2) is 83.8 Å². The number of nitrogens with one attached hydrogen (secondary N) is 1. The van der Waals surface area contributed by atoms with Crippen LogP contribution in [0.2, 0.25) is 0 Å². The molecule has 0 bridgehead atoms. The van der Waals surface area contributed by atoms with Crippen molar-refractivity contribution in [3.63, 3.8) is 0 Å². The van der Waals surface area contributed by atoms with Crippen molar-refractivity contribution in [2.45, 2.75) is 37.2 Å². The molecule has 1 saturated heterocycles. The van der Waals surface area contributed by atoms with Crippen LogP contribution < -0.4 is 9.62 Å². The third-order valence-electron chi connectivity index (χ3n) is 6.27. The molecular weight excluding hydrogens is 446 g/mol. The Morgan fingerprint density at radius 1 is 0.882 bits per heavy atom. The molecule has 6 nitrogen and oxygen atoms in total. The Morgan fingerprint density at radius 3 is 2.29 bits per heavy atom. The first-order valence-electron chi connectivity index (χ1n) is 11.7.